The maximum Gasteiger partial charge on any atom is 0.0513 e. The summed E-state index contributed by atoms with van der Waals surface area (Å²) < 4.78 is 2.31. The van der Waals surface area contributed by atoms with Gasteiger partial charge in [-0.2, -0.15) is 0 Å². The van der Waals surface area contributed by atoms with E-state index in [0.29, 0.717) is 0 Å². The number of hydrogen-bond acceptors (Lipinski definition) is 1. The zero-order valence-corrected chi connectivity index (χ0v) is 12.8. The molecule has 0 spiro atoms. The Hall–Kier alpha value is -1.28. The van der Waals surface area contributed by atoms with Gasteiger partial charge in [0.1, 0.15) is 0 Å². The van der Waals surface area contributed by atoms with Gasteiger partial charge in [-0.1, -0.05) is 44.4 Å². The van der Waals surface area contributed by atoms with Crippen LogP contribution in [0.5, 0.6) is 0 Å². The fourth-order valence-electron chi connectivity index (χ4n) is 4.07. The minimum atomic E-state index is 0.212. The summed E-state index contributed by atoms with van der Waals surface area (Å²) in [7, 11) is 2.18. The molecule has 0 radical (unpaired) electrons. The maximum atomic E-state index is 6.23. The molecule has 2 N–H and O–H groups in total. The lowest BCUT2D eigenvalue weighted by molar-refractivity contribution is 0.302. The summed E-state index contributed by atoms with van der Waals surface area (Å²) in [5.74, 6) is 0. The van der Waals surface area contributed by atoms with E-state index in [2.05, 4.69) is 42.9 Å². The van der Waals surface area contributed by atoms with Gasteiger partial charge in [0.15, 0.2) is 0 Å². The first kappa shape index (κ1) is 13.7. The van der Waals surface area contributed by atoms with Crippen LogP contribution in [-0.2, 0) is 18.9 Å². The first-order chi connectivity index (χ1) is 9.72. The quantitative estimate of drug-likeness (QED) is 0.901. The van der Waals surface area contributed by atoms with Gasteiger partial charge in [-0.15, -0.1) is 0 Å². The van der Waals surface area contributed by atoms with Crippen LogP contribution in [0.1, 0.15) is 50.2 Å². The zero-order chi connectivity index (χ0) is 14.2. The van der Waals surface area contributed by atoms with E-state index in [0.717, 1.165) is 13.0 Å². The number of hydrogen-bond donors (Lipinski definition) is 1. The minimum Gasteiger partial charge on any atom is -0.350 e. The van der Waals surface area contributed by atoms with Crippen LogP contribution >= 0.6 is 0 Å². The summed E-state index contributed by atoms with van der Waals surface area (Å²) in [5, 5.41) is 1.43. The van der Waals surface area contributed by atoms with Crippen molar-refractivity contribution in [3.63, 3.8) is 0 Å². The molecule has 3 rings (SSSR count). The molecule has 0 atom stereocenters. The SMILES string of the molecule is CCc1cccc2c(C3(CN)CCCCC3)cn(C)c12. The van der Waals surface area contributed by atoms with Crippen LogP contribution in [0.2, 0.25) is 0 Å². The molecule has 1 heterocycles. The van der Waals surface area contributed by atoms with Gasteiger partial charge in [0.2, 0.25) is 0 Å². The second-order valence-corrected chi connectivity index (χ2v) is 6.37. The van der Waals surface area contributed by atoms with E-state index in [1.54, 1.807) is 0 Å². The third-order valence-electron chi connectivity index (χ3n) is 5.24. The summed E-state index contributed by atoms with van der Waals surface area (Å²) in [6.07, 6.45) is 9.94. The van der Waals surface area contributed by atoms with Crippen molar-refractivity contribution in [1.29, 1.82) is 0 Å². The summed E-state index contributed by atoms with van der Waals surface area (Å²) in [4.78, 5) is 0. The molecule has 1 aliphatic carbocycles. The second-order valence-electron chi connectivity index (χ2n) is 6.37. The molecule has 2 nitrogen and oxygen atoms in total. The number of nitrogens with two attached hydrogens (primary N) is 1. The number of benzene rings is 1. The van der Waals surface area contributed by atoms with Crippen LogP contribution in [0, 0.1) is 0 Å². The minimum absolute atomic E-state index is 0.212. The Morgan fingerprint density at radius 2 is 1.95 bits per heavy atom. The molecule has 1 aliphatic rings. The van der Waals surface area contributed by atoms with Crippen molar-refractivity contribution in [1.82, 2.24) is 4.57 Å². The Bertz CT molecular complexity index is 603. The Morgan fingerprint density at radius 1 is 1.20 bits per heavy atom. The van der Waals surface area contributed by atoms with Crippen molar-refractivity contribution >= 4 is 10.9 Å². The summed E-state index contributed by atoms with van der Waals surface area (Å²) in [5.41, 5.74) is 10.8. The Kier molecular flexibility index (Phi) is 3.59. The molecule has 20 heavy (non-hydrogen) atoms. The molecule has 1 aromatic carbocycles. The van der Waals surface area contributed by atoms with Gasteiger partial charge in [-0.05, 0) is 30.4 Å². The highest BCUT2D eigenvalue weighted by Gasteiger charge is 2.35. The number of fused-ring (bicyclic) bond motifs is 1. The van der Waals surface area contributed by atoms with E-state index in [-0.39, 0.29) is 5.41 Å². The van der Waals surface area contributed by atoms with Crippen LogP contribution < -0.4 is 5.73 Å². The van der Waals surface area contributed by atoms with Crippen molar-refractivity contribution in [2.45, 2.75) is 50.9 Å². The standard InChI is InChI=1S/C18H26N2/c1-3-14-8-7-9-15-16(12-20(2)17(14)15)18(13-19)10-5-4-6-11-18/h7-9,12H,3-6,10-11,13,19H2,1-2H3. The average Bonchev–Trinajstić information content (AvgIpc) is 2.86. The predicted molar refractivity (Wildman–Crippen MR) is 86.1 cm³/mol. The third kappa shape index (κ3) is 1.98. The number of para-hydroxylation sites is 1. The van der Waals surface area contributed by atoms with Gasteiger partial charge in [0.25, 0.3) is 0 Å². The fraction of sp³-hybridized carbons (Fsp3) is 0.556. The van der Waals surface area contributed by atoms with Crippen LogP contribution in [0.4, 0.5) is 0 Å². The molecule has 2 aromatic rings. The highest BCUT2D eigenvalue weighted by molar-refractivity contribution is 5.88. The second kappa shape index (κ2) is 5.25. The molecule has 1 fully saturated rings. The summed E-state index contributed by atoms with van der Waals surface area (Å²) in [6, 6.07) is 6.75. The molecule has 1 saturated carbocycles. The molecule has 0 aliphatic heterocycles. The lowest BCUT2D eigenvalue weighted by Crippen LogP contribution is -2.37. The lowest BCUT2D eigenvalue weighted by Gasteiger charge is -2.36. The Balaban J connectivity index is 2.21. The smallest absolute Gasteiger partial charge is 0.0513 e. The zero-order valence-electron chi connectivity index (χ0n) is 12.8. The number of rotatable bonds is 3. The van der Waals surface area contributed by atoms with Gasteiger partial charge >= 0.3 is 0 Å². The van der Waals surface area contributed by atoms with Crippen molar-refractivity contribution in [2.24, 2.45) is 12.8 Å². The number of aryl methyl sites for hydroxylation is 2. The topological polar surface area (TPSA) is 30.9 Å². The highest BCUT2D eigenvalue weighted by Crippen LogP contribution is 2.42. The molecule has 0 unspecified atom stereocenters. The molecular weight excluding hydrogens is 244 g/mol. The van der Waals surface area contributed by atoms with E-state index in [9.17, 15) is 0 Å². The monoisotopic (exact) mass is 270 g/mol. The van der Waals surface area contributed by atoms with E-state index >= 15 is 0 Å². The molecule has 0 amide bonds. The van der Waals surface area contributed by atoms with Crippen LogP contribution in [0.25, 0.3) is 10.9 Å². The van der Waals surface area contributed by atoms with Gasteiger partial charge in [0, 0.05) is 30.6 Å². The van der Waals surface area contributed by atoms with E-state index in [1.165, 1.54) is 54.1 Å². The summed E-state index contributed by atoms with van der Waals surface area (Å²) >= 11 is 0. The van der Waals surface area contributed by atoms with Gasteiger partial charge in [-0.25, -0.2) is 0 Å². The van der Waals surface area contributed by atoms with Crippen molar-refractivity contribution in [3.8, 4) is 0 Å². The van der Waals surface area contributed by atoms with E-state index in [1.807, 2.05) is 0 Å². The Morgan fingerprint density at radius 3 is 2.60 bits per heavy atom. The first-order valence-corrected chi connectivity index (χ1v) is 7.99. The number of nitrogens with zero attached hydrogens (tertiary/aromatic N) is 1. The van der Waals surface area contributed by atoms with Crippen molar-refractivity contribution in [3.05, 3.63) is 35.5 Å². The van der Waals surface area contributed by atoms with Crippen LogP contribution in [-0.4, -0.2) is 11.1 Å². The predicted octanol–water partition coefficient (Wildman–Crippen LogP) is 3.90. The van der Waals surface area contributed by atoms with Gasteiger partial charge in [-0.3, -0.25) is 0 Å². The largest absolute Gasteiger partial charge is 0.350 e. The van der Waals surface area contributed by atoms with Crippen molar-refractivity contribution < 1.29 is 0 Å². The normalized spacial score (nSPS) is 18.6. The first-order valence-electron chi connectivity index (χ1n) is 7.99. The average molecular weight is 270 g/mol. The van der Waals surface area contributed by atoms with Crippen molar-refractivity contribution in [2.75, 3.05) is 6.54 Å². The van der Waals surface area contributed by atoms with Gasteiger partial charge < -0.3 is 10.3 Å². The van der Waals surface area contributed by atoms with Crippen LogP contribution in [0.15, 0.2) is 24.4 Å². The maximum absolute atomic E-state index is 6.23. The summed E-state index contributed by atoms with van der Waals surface area (Å²) in [6.45, 7) is 3.02. The Labute approximate surface area is 122 Å². The third-order valence-corrected chi connectivity index (χ3v) is 5.24. The van der Waals surface area contributed by atoms with Gasteiger partial charge in [0.05, 0.1) is 5.52 Å². The molecule has 2 heteroatoms. The molecule has 0 saturated heterocycles. The lowest BCUT2D eigenvalue weighted by atomic mass is 9.69. The highest BCUT2D eigenvalue weighted by atomic mass is 14.9. The fourth-order valence-corrected chi connectivity index (χ4v) is 4.07. The number of aromatic nitrogens is 1. The molecule has 1 aromatic heterocycles. The van der Waals surface area contributed by atoms with Crippen LogP contribution in [0.3, 0.4) is 0 Å². The molecular formula is C18H26N2. The van der Waals surface area contributed by atoms with E-state index in [4.69, 9.17) is 5.73 Å². The molecule has 108 valence electrons. The van der Waals surface area contributed by atoms with E-state index < -0.39 is 0 Å². The molecule has 0 bridgehead atoms.